The Morgan fingerprint density at radius 1 is 1.67 bits per heavy atom. The van der Waals surface area contributed by atoms with Gasteiger partial charge in [0.2, 0.25) is 0 Å². The summed E-state index contributed by atoms with van der Waals surface area (Å²) in [6.07, 6.45) is 4.46. The highest BCUT2D eigenvalue weighted by atomic mass is 79.9. The van der Waals surface area contributed by atoms with Crippen LogP contribution in [0, 0.1) is 0 Å². The van der Waals surface area contributed by atoms with Gasteiger partial charge in [-0.25, -0.2) is 0 Å². The van der Waals surface area contributed by atoms with Crippen LogP contribution < -0.4 is 5.32 Å². The van der Waals surface area contributed by atoms with Gasteiger partial charge in [0.15, 0.2) is 0 Å². The van der Waals surface area contributed by atoms with Crippen LogP contribution in [0.15, 0.2) is 15.9 Å². The van der Waals surface area contributed by atoms with Crippen LogP contribution in [0.5, 0.6) is 0 Å². The topological polar surface area (TPSA) is 38.3 Å². The van der Waals surface area contributed by atoms with Gasteiger partial charge in [0.05, 0.1) is 17.0 Å². The Hall–Kier alpha value is -0.390. The molecule has 2 unspecified atom stereocenters. The van der Waals surface area contributed by atoms with Crippen LogP contribution in [0.4, 0.5) is 0 Å². The van der Waals surface area contributed by atoms with E-state index in [0.29, 0.717) is 0 Å². The van der Waals surface area contributed by atoms with Crippen molar-refractivity contribution in [2.24, 2.45) is 0 Å². The van der Waals surface area contributed by atoms with E-state index in [1.165, 1.54) is 17.8 Å². The predicted octanol–water partition coefficient (Wildman–Crippen LogP) is 3.59. The molecule has 2 rings (SSSR count). The molecule has 2 atom stereocenters. The van der Waals surface area contributed by atoms with Crippen molar-refractivity contribution in [2.45, 2.75) is 44.8 Å². The minimum atomic E-state index is 0.00623. The normalized spacial score (nSPS) is 21.6. The third-order valence-corrected chi connectivity index (χ3v) is 4.90. The molecule has 1 fully saturated rings. The van der Waals surface area contributed by atoms with Crippen molar-refractivity contribution in [3.8, 4) is 0 Å². The Bertz CT molecular complexity index is 401. The van der Waals surface area contributed by atoms with Crippen LogP contribution >= 0.6 is 27.3 Å². The van der Waals surface area contributed by atoms with Gasteiger partial charge in [-0.2, -0.15) is 0 Å². The molecule has 0 bridgehead atoms. The first-order valence-corrected chi connectivity index (χ1v) is 8.04. The molecule has 5 heteroatoms. The molecule has 1 amide bonds. The first kappa shape index (κ1) is 14.0. The number of amides is 1. The van der Waals surface area contributed by atoms with Crippen molar-refractivity contribution in [3.63, 3.8) is 0 Å². The molecule has 0 spiro atoms. The zero-order valence-corrected chi connectivity index (χ0v) is 12.9. The molecule has 2 heterocycles. The lowest BCUT2D eigenvalue weighted by Gasteiger charge is -2.30. The second kappa shape index (κ2) is 6.68. The van der Waals surface area contributed by atoms with Gasteiger partial charge >= 0.3 is 0 Å². The van der Waals surface area contributed by atoms with E-state index in [1.807, 2.05) is 11.4 Å². The minimum Gasteiger partial charge on any atom is -0.376 e. The first-order valence-electron chi connectivity index (χ1n) is 6.37. The number of thiophene rings is 1. The number of ether oxygens (including phenoxy) is 1. The average Bonchev–Trinajstić information content (AvgIpc) is 2.83. The summed E-state index contributed by atoms with van der Waals surface area (Å²) in [5, 5.41) is 5.02. The SMILES string of the molecule is CCC(NC(=O)c1cc(Br)cs1)C1CCCCO1. The summed E-state index contributed by atoms with van der Waals surface area (Å²) >= 11 is 4.82. The highest BCUT2D eigenvalue weighted by molar-refractivity contribution is 9.10. The van der Waals surface area contributed by atoms with Gasteiger partial charge in [-0.05, 0) is 47.7 Å². The lowest BCUT2D eigenvalue weighted by Crippen LogP contribution is -2.45. The van der Waals surface area contributed by atoms with Crippen molar-refractivity contribution >= 4 is 33.2 Å². The van der Waals surface area contributed by atoms with E-state index in [-0.39, 0.29) is 18.1 Å². The lowest BCUT2D eigenvalue weighted by molar-refractivity contribution is -0.00745. The van der Waals surface area contributed by atoms with Gasteiger partial charge in [0, 0.05) is 16.5 Å². The Balaban J connectivity index is 1.95. The second-order valence-electron chi connectivity index (χ2n) is 4.52. The maximum absolute atomic E-state index is 12.1. The molecule has 1 N–H and O–H groups in total. The minimum absolute atomic E-state index is 0.00623. The number of nitrogens with one attached hydrogen (secondary N) is 1. The van der Waals surface area contributed by atoms with E-state index >= 15 is 0 Å². The smallest absolute Gasteiger partial charge is 0.261 e. The van der Waals surface area contributed by atoms with E-state index in [4.69, 9.17) is 4.74 Å². The number of hydrogen-bond donors (Lipinski definition) is 1. The van der Waals surface area contributed by atoms with E-state index in [9.17, 15) is 4.79 Å². The average molecular weight is 332 g/mol. The molecule has 0 aromatic carbocycles. The first-order chi connectivity index (χ1) is 8.70. The molecule has 0 aliphatic carbocycles. The largest absolute Gasteiger partial charge is 0.376 e. The summed E-state index contributed by atoms with van der Waals surface area (Å²) < 4.78 is 6.71. The maximum Gasteiger partial charge on any atom is 0.261 e. The van der Waals surface area contributed by atoms with Crippen LogP contribution in [0.1, 0.15) is 42.3 Å². The van der Waals surface area contributed by atoms with E-state index in [1.54, 1.807) is 0 Å². The molecular formula is C13H18BrNO2S. The van der Waals surface area contributed by atoms with Gasteiger partial charge in [0.25, 0.3) is 5.91 Å². The maximum atomic E-state index is 12.1. The van der Waals surface area contributed by atoms with Crippen molar-refractivity contribution in [1.82, 2.24) is 5.32 Å². The Morgan fingerprint density at radius 2 is 2.50 bits per heavy atom. The molecular weight excluding hydrogens is 314 g/mol. The van der Waals surface area contributed by atoms with E-state index in [2.05, 4.69) is 28.2 Å². The highest BCUT2D eigenvalue weighted by Crippen LogP contribution is 2.21. The van der Waals surface area contributed by atoms with Gasteiger partial charge in [0.1, 0.15) is 0 Å². The number of carbonyl (C=O) groups is 1. The van der Waals surface area contributed by atoms with Gasteiger partial charge in [-0.1, -0.05) is 6.92 Å². The van der Waals surface area contributed by atoms with Crippen molar-refractivity contribution in [3.05, 3.63) is 20.8 Å². The Kier molecular flexibility index (Phi) is 5.21. The van der Waals surface area contributed by atoms with Crippen LogP contribution in [0.25, 0.3) is 0 Å². The second-order valence-corrected chi connectivity index (χ2v) is 6.35. The fourth-order valence-electron chi connectivity index (χ4n) is 2.21. The van der Waals surface area contributed by atoms with Crippen molar-refractivity contribution in [2.75, 3.05) is 6.61 Å². The van der Waals surface area contributed by atoms with Gasteiger partial charge in [-0.3, -0.25) is 4.79 Å². The fraction of sp³-hybridized carbons (Fsp3) is 0.615. The summed E-state index contributed by atoms with van der Waals surface area (Å²) in [7, 11) is 0. The van der Waals surface area contributed by atoms with Crippen LogP contribution in [-0.2, 0) is 4.74 Å². The third kappa shape index (κ3) is 3.56. The molecule has 0 radical (unpaired) electrons. The molecule has 0 saturated carbocycles. The van der Waals surface area contributed by atoms with Crippen LogP contribution in [-0.4, -0.2) is 24.7 Å². The number of halogens is 1. The molecule has 1 saturated heterocycles. The number of hydrogen-bond acceptors (Lipinski definition) is 3. The molecule has 1 aliphatic rings. The van der Waals surface area contributed by atoms with Crippen LogP contribution in [0.3, 0.4) is 0 Å². The third-order valence-electron chi connectivity index (χ3n) is 3.21. The summed E-state index contributed by atoms with van der Waals surface area (Å²) in [5.41, 5.74) is 0. The summed E-state index contributed by atoms with van der Waals surface area (Å²) in [6, 6.07) is 1.98. The quantitative estimate of drug-likeness (QED) is 0.915. The number of rotatable bonds is 4. The number of carbonyl (C=O) groups excluding carboxylic acids is 1. The Labute approximate surface area is 120 Å². The van der Waals surface area contributed by atoms with Crippen molar-refractivity contribution in [1.29, 1.82) is 0 Å². The molecule has 1 aromatic heterocycles. The molecule has 1 aliphatic heterocycles. The van der Waals surface area contributed by atoms with Crippen molar-refractivity contribution < 1.29 is 9.53 Å². The highest BCUT2D eigenvalue weighted by Gasteiger charge is 2.25. The van der Waals surface area contributed by atoms with Crippen LogP contribution in [0.2, 0.25) is 0 Å². The summed E-state index contributed by atoms with van der Waals surface area (Å²) in [4.78, 5) is 12.8. The molecule has 100 valence electrons. The Morgan fingerprint density at radius 3 is 3.06 bits per heavy atom. The van der Waals surface area contributed by atoms with Gasteiger partial charge in [-0.15, -0.1) is 11.3 Å². The van der Waals surface area contributed by atoms with E-state index < -0.39 is 0 Å². The zero-order valence-electron chi connectivity index (χ0n) is 10.4. The van der Waals surface area contributed by atoms with Gasteiger partial charge < -0.3 is 10.1 Å². The molecule has 1 aromatic rings. The fourth-order valence-corrected chi connectivity index (χ4v) is 3.54. The standard InChI is InChI=1S/C13H18BrNO2S/c1-2-10(11-5-3-4-6-17-11)15-13(16)12-7-9(14)8-18-12/h7-8,10-11H,2-6H2,1H3,(H,15,16). The molecule has 3 nitrogen and oxygen atoms in total. The predicted molar refractivity (Wildman–Crippen MR) is 77.2 cm³/mol. The van der Waals surface area contributed by atoms with E-state index in [0.717, 1.165) is 35.2 Å². The monoisotopic (exact) mass is 331 g/mol. The summed E-state index contributed by atoms with van der Waals surface area (Å²) in [6.45, 7) is 2.91. The lowest BCUT2D eigenvalue weighted by atomic mass is 10.00. The zero-order chi connectivity index (χ0) is 13.0. The summed E-state index contributed by atoms with van der Waals surface area (Å²) in [5.74, 6) is 0.00623. The molecule has 18 heavy (non-hydrogen) atoms.